The summed E-state index contributed by atoms with van der Waals surface area (Å²) in [5, 5.41) is 15.2. The van der Waals surface area contributed by atoms with Gasteiger partial charge in [0.2, 0.25) is 0 Å². The third-order valence-electron chi connectivity index (χ3n) is 2.61. The molecular weight excluding hydrogens is 224 g/mol. The molecule has 1 N–H and O–H groups in total. The van der Waals surface area contributed by atoms with Gasteiger partial charge in [-0.05, 0) is 19.1 Å². The maximum Gasteiger partial charge on any atom is 0.132 e. The molecule has 84 valence electrons. The lowest BCUT2D eigenvalue weighted by molar-refractivity contribution is 0.0968. The van der Waals surface area contributed by atoms with Crippen molar-refractivity contribution in [1.82, 2.24) is 9.78 Å². The van der Waals surface area contributed by atoms with Gasteiger partial charge in [0.15, 0.2) is 0 Å². The number of nitrogens with zero attached hydrogens (tertiary/aromatic N) is 2. The maximum atomic E-state index is 10.5. The molecule has 4 heteroatoms. The Hall–Kier alpha value is -1.32. The normalized spacial score (nSPS) is 14.8. The Kier molecular flexibility index (Phi) is 2.74. The number of aryl methyl sites for hydroxylation is 1. The van der Waals surface area contributed by atoms with Crippen LogP contribution in [0.25, 0.3) is 0 Å². The molecule has 0 amide bonds. The highest BCUT2D eigenvalue weighted by Gasteiger charge is 2.29. The van der Waals surface area contributed by atoms with Crippen molar-refractivity contribution in [3.63, 3.8) is 0 Å². The van der Waals surface area contributed by atoms with Crippen LogP contribution in [0.4, 0.5) is 0 Å². The van der Waals surface area contributed by atoms with Crippen LogP contribution < -0.4 is 0 Å². The first-order chi connectivity index (χ1) is 7.51. The van der Waals surface area contributed by atoms with Crippen molar-refractivity contribution in [3.8, 4) is 0 Å². The van der Waals surface area contributed by atoms with Gasteiger partial charge in [0.25, 0.3) is 0 Å². The fourth-order valence-corrected chi connectivity index (χ4v) is 1.99. The molecule has 0 aliphatic heterocycles. The number of halogens is 1. The summed E-state index contributed by atoms with van der Waals surface area (Å²) in [7, 11) is 1.81. The first-order valence-corrected chi connectivity index (χ1v) is 5.37. The van der Waals surface area contributed by atoms with Crippen molar-refractivity contribution in [2.45, 2.75) is 12.5 Å². The Morgan fingerprint density at radius 1 is 1.31 bits per heavy atom. The molecule has 1 heterocycles. The van der Waals surface area contributed by atoms with E-state index in [9.17, 15) is 5.11 Å². The van der Waals surface area contributed by atoms with E-state index in [2.05, 4.69) is 5.10 Å². The first kappa shape index (κ1) is 11.2. The second-order valence-corrected chi connectivity index (χ2v) is 4.33. The predicted molar refractivity (Wildman–Crippen MR) is 63.3 cm³/mol. The van der Waals surface area contributed by atoms with Gasteiger partial charge in [-0.25, -0.2) is 0 Å². The summed E-state index contributed by atoms with van der Waals surface area (Å²) >= 11 is 6.07. The largest absolute Gasteiger partial charge is 0.379 e. The lowest BCUT2D eigenvalue weighted by atomic mass is 9.93. The summed E-state index contributed by atoms with van der Waals surface area (Å²) in [4.78, 5) is 0. The van der Waals surface area contributed by atoms with Crippen LogP contribution in [0.2, 0.25) is 5.02 Å². The molecule has 2 aromatic rings. The number of benzene rings is 1. The molecule has 0 radical (unpaired) electrons. The molecule has 0 aliphatic rings. The molecule has 2 rings (SSSR count). The molecule has 0 aliphatic carbocycles. The number of aliphatic hydroxyl groups is 1. The molecule has 1 atom stereocenters. The van der Waals surface area contributed by atoms with Gasteiger partial charge in [0.1, 0.15) is 5.60 Å². The predicted octanol–water partition coefficient (Wildman–Crippen LogP) is 2.33. The van der Waals surface area contributed by atoms with Crippen molar-refractivity contribution in [2.75, 3.05) is 0 Å². The van der Waals surface area contributed by atoms with Crippen molar-refractivity contribution >= 4 is 11.6 Å². The van der Waals surface area contributed by atoms with Crippen LogP contribution in [0.15, 0.2) is 36.5 Å². The number of rotatable bonds is 2. The quantitative estimate of drug-likeness (QED) is 0.869. The lowest BCUT2D eigenvalue weighted by Gasteiger charge is -2.22. The van der Waals surface area contributed by atoms with Crippen LogP contribution in [-0.2, 0) is 12.6 Å². The fourth-order valence-electron chi connectivity index (χ4n) is 1.67. The number of aromatic nitrogens is 2. The van der Waals surface area contributed by atoms with Gasteiger partial charge in [-0.3, -0.25) is 4.68 Å². The Bertz CT molecular complexity index is 505. The maximum absolute atomic E-state index is 10.5. The SMILES string of the molecule is Cn1ccc(C(C)(O)c2ccccc2Cl)n1. The lowest BCUT2D eigenvalue weighted by Crippen LogP contribution is -2.24. The van der Waals surface area contributed by atoms with Crippen LogP contribution in [0.5, 0.6) is 0 Å². The summed E-state index contributed by atoms with van der Waals surface area (Å²) in [6.07, 6.45) is 1.79. The third kappa shape index (κ3) is 1.84. The van der Waals surface area contributed by atoms with Crippen LogP contribution >= 0.6 is 11.6 Å². The van der Waals surface area contributed by atoms with E-state index in [-0.39, 0.29) is 0 Å². The summed E-state index contributed by atoms with van der Waals surface area (Å²) in [6, 6.07) is 9.02. The van der Waals surface area contributed by atoms with Gasteiger partial charge >= 0.3 is 0 Å². The van der Waals surface area contributed by atoms with E-state index >= 15 is 0 Å². The number of hydrogen-bond donors (Lipinski definition) is 1. The standard InChI is InChI=1S/C12H13ClN2O/c1-12(16,11-7-8-15(2)14-11)9-5-3-4-6-10(9)13/h3-8,16H,1-2H3. The molecule has 16 heavy (non-hydrogen) atoms. The van der Waals surface area contributed by atoms with E-state index in [1.165, 1.54) is 0 Å². The summed E-state index contributed by atoms with van der Waals surface area (Å²) in [5.74, 6) is 0. The van der Waals surface area contributed by atoms with Crippen LogP contribution in [0.3, 0.4) is 0 Å². The Balaban J connectivity index is 2.50. The average molecular weight is 237 g/mol. The van der Waals surface area contributed by atoms with Gasteiger partial charge in [-0.15, -0.1) is 0 Å². The minimum atomic E-state index is -1.17. The van der Waals surface area contributed by atoms with Crippen LogP contribution in [0.1, 0.15) is 18.2 Å². The highest BCUT2D eigenvalue weighted by atomic mass is 35.5. The van der Waals surface area contributed by atoms with Gasteiger partial charge in [-0.1, -0.05) is 29.8 Å². The Morgan fingerprint density at radius 2 is 2.00 bits per heavy atom. The summed E-state index contributed by atoms with van der Waals surface area (Å²) < 4.78 is 1.65. The van der Waals surface area contributed by atoms with E-state index < -0.39 is 5.60 Å². The molecular formula is C12H13ClN2O. The molecule has 0 saturated heterocycles. The van der Waals surface area contributed by atoms with E-state index in [1.807, 2.05) is 19.2 Å². The Morgan fingerprint density at radius 3 is 2.56 bits per heavy atom. The monoisotopic (exact) mass is 236 g/mol. The molecule has 0 spiro atoms. The molecule has 1 aromatic heterocycles. The highest BCUT2D eigenvalue weighted by molar-refractivity contribution is 6.31. The van der Waals surface area contributed by atoms with Crippen molar-refractivity contribution in [2.24, 2.45) is 7.05 Å². The van der Waals surface area contributed by atoms with E-state index in [1.54, 1.807) is 36.0 Å². The first-order valence-electron chi connectivity index (χ1n) is 4.99. The zero-order chi connectivity index (χ0) is 11.8. The molecule has 1 unspecified atom stereocenters. The zero-order valence-corrected chi connectivity index (χ0v) is 9.94. The van der Waals surface area contributed by atoms with E-state index in [0.717, 1.165) is 0 Å². The van der Waals surface area contributed by atoms with E-state index in [4.69, 9.17) is 11.6 Å². The molecule has 0 bridgehead atoms. The molecule has 3 nitrogen and oxygen atoms in total. The molecule has 0 fully saturated rings. The van der Waals surface area contributed by atoms with Gasteiger partial charge in [0.05, 0.1) is 5.69 Å². The molecule has 1 aromatic carbocycles. The van der Waals surface area contributed by atoms with Crippen molar-refractivity contribution < 1.29 is 5.11 Å². The minimum Gasteiger partial charge on any atom is -0.379 e. The van der Waals surface area contributed by atoms with E-state index in [0.29, 0.717) is 16.3 Å². The summed E-state index contributed by atoms with van der Waals surface area (Å²) in [5.41, 5.74) is 0.0815. The second-order valence-electron chi connectivity index (χ2n) is 3.93. The van der Waals surface area contributed by atoms with Gasteiger partial charge < -0.3 is 5.11 Å². The number of hydrogen-bond acceptors (Lipinski definition) is 2. The average Bonchev–Trinajstić information content (AvgIpc) is 2.66. The summed E-state index contributed by atoms with van der Waals surface area (Å²) in [6.45, 7) is 1.69. The van der Waals surface area contributed by atoms with Crippen LogP contribution in [-0.4, -0.2) is 14.9 Å². The smallest absolute Gasteiger partial charge is 0.132 e. The second kappa shape index (κ2) is 3.92. The van der Waals surface area contributed by atoms with Crippen molar-refractivity contribution in [1.29, 1.82) is 0 Å². The fraction of sp³-hybridized carbons (Fsp3) is 0.250. The third-order valence-corrected chi connectivity index (χ3v) is 2.94. The van der Waals surface area contributed by atoms with Gasteiger partial charge in [-0.2, -0.15) is 5.10 Å². The topological polar surface area (TPSA) is 38.0 Å². The Labute approximate surface area is 99.3 Å². The van der Waals surface area contributed by atoms with Crippen molar-refractivity contribution in [3.05, 3.63) is 52.8 Å². The zero-order valence-electron chi connectivity index (χ0n) is 9.18. The van der Waals surface area contributed by atoms with Gasteiger partial charge in [0, 0.05) is 23.8 Å². The minimum absolute atomic E-state index is 0.540. The van der Waals surface area contributed by atoms with Crippen LogP contribution in [0, 0.1) is 0 Å². The highest BCUT2D eigenvalue weighted by Crippen LogP contribution is 2.32. The molecule has 0 saturated carbocycles.